The zero-order valence-corrected chi connectivity index (χ0v) is 15.6. The molecule has 0 saturated carbocycles. The Balaban J connectivity index is 1.47. The van der Waals surface area contributed by atoms with E-state index < -0.39 is 11.6 Å². The minimum atomic E-state index is -0.519. The minimum Gasteiger partial charge on any atom is -0.497 e. The van der Waals surface area contributed by atoms with Gasteiger partial charge in [0.1, 0.15) is 30.6 Å². The molecule has 0 amide bonds. The number of hydrogen-bond acceptors (Lipinski definition) is 7. The van der Waals surface area contributed by atoms with Gasteiger partial charge in [-0.3, -0.25) is 0 Å². The lowest BCUT2D eigenvalue weighted by Gasteiger charge is -2.09. The summed E-state index contributed by atoms with van der Waals surface area (Å²) in [5.41, 5.74) is 1.82. The van der Waals surface area contributed by atoms with Crippen LogP contribution in [-0.4, -0.2) is 27.8 Å². The van der Waals surface area contributed by atoms with Crippen molar-refractivity contribution in [2.45, 2.75) is 13.2 Å². The van der Waals surface area contributed by atoms with Gasteiger partial charge in [-0.05, 0) is 29.8 Å². The van der Waals surface area contributed by atoms with Crippen LogP contribution in [0.25, 0.3) is 11.0 Å². The van der Waals surface area contributed by atoms with Crippen LogP contribution in [0, 0.1) is 0 Å². The van der Waals surface area contributed by atoms with Gasteiger partial charge in [0.25, 0.3) is 0 Å². The van der Waals surface area contributed by atoms with Gasteiger partial charge in [0.2, 0.25) is 0 Å². The van der Waals surface area contributed by atoms with E-state index in [1.807, 2.05) is 12.1 Å². The van der Waals surface area contributed by atoms with E-state index in [9.17, 15) is 9.59 Å². The number of benzene rings is 2. The SMILES string of the molecule is COc1ccc2c(COC(=O)c3ccc(Cn4cncn4)cc3)cc(=O)oc2c1. The third kappa shape index (κ3) is 4.16. The van der Waals surface area contributed by atoms with Crippen LogP contribution in [-0.2, 0) is 17.9 Å². The number of aromatic nitrogens is 3. The Bertz CT molecular complexity index is 1200. The topological polar surface area (TPSA) is 96.5 Å². The molecule has 2 aromatic carbocycles. The Morgan fingerprint density at radius 2 is 1.97 bits per heavy atom. The third-order valence-corrected chi connectivity index (χ3v) is 4.40. The lowest BCUT2D eigenvalue weighted by molar-refractivity contribution is 0.0474. The van der Waals surface area contributed by atoms with Crippen LogP contribution in [0.3, 0.4) is 0 Å². The van der Waals surface area contributed by atoms with E-state index in [4.69, 9.17) is 13.9 Å². The van der Waals surface area contributed by atoms with E-state index in [0.29, 0.717) is 34.4 Å². The van der Waals surface area contributed by atoms with Gasteiger partial charge in [-0.15, -0.1) is 0 Å². The number of carbonyl (C=O) groups is 1. The molecule has 8 heteroatoms. The fourth-order valence-electron chi connectivity index (χ4n) is 2.93. The van der Waals surface area contributed by atoms with Crippen LogP contribution < -0.4 is 10.4 Å². The van der Waals surface area contributed by atoms with E-state index in [2.05, 4.69) is 10.1 Å². The zero-order valence-electron chi connectivity index (χ0n) is 15.6. The molecule has 2 heterocycles. The fourth-order valence-corrected chi connectivity index (χ4v) is 2.93. The quantitative estimate of drug-likeness (QED) is 0.368. The van der Waals surface area contributed by atoms with Crippen molar-refractivity contribution in [3.63, 3.8) is 0 Å². The van der Waals surface area contributed by atoms with Crippen molar-refractivity contribution in [3.8, 4) is 5.75 Å². The first-order valence-electron chi connectivity index (χ1n) is 8.81. The largest absolute Gasteiger partial charge is 0.497 e. The van der Waals surface area contributed by atoms with Crippen molar-refractivity contribution in [3.05, 3.63) is 88.3 Å². The van der Waals surface area contributed by atoms with Crippen LogP contribution in [0.15, 0.2) is 70.4 Å². The maximum Gasteiger partial charge on any atom is 0.338 e. The van der Waals surface area contributed by atoms with Gasteiger partial charge in [0.05, 0.1) is 19.2 Å². The van der Waals surface area contributed by atoms with Crippen molar-refractivity contribution in [2.75, 3.05) is 7.11 Å². The molecule has 0 unspecified atom stereocenters. The standard InChI is InChI=1S/C21H17N3O5/c1-27-17-6-7-18-16(8-20(25)29-19(18)9-17)11-28-21(26)15-4-2-14(3-5-15)10-24-13-22-12-23-24/h2-9,12-13H,10-11H2,1H3. The number of carbonyl (C=O) groups excluding carboxylic acids is 1. The number of methoxy groups -OCH3 is 1. The van der Waals surface area contributed by atoms with Gasteiger partial charge in [-0.25, -0.2) is 19.3 Å². The van der Waals surface area contributed by atoms with Crippen LogP contribution in [0.4, 0.5) is 0 Å². The molecule has 0 N–H and O–H groups in total. The van der Waals surface area contributed by atoms with Crippen LogP contribution in [0.5, 0.6) is 5.75 Å². The highest BCUT2D eigenvalue weighted by Gasteiger charge is 2.12. The van der Waals surface area contributed by atoms with E-state index in [1.54, 1.807) is 41.3 Å². The van der Waals surface area contributed by atoms with Crippen molar-refractivity contribution >= 4 is 16.9 Å². The Labute approximate surface area is 165 Å². The summed E-state index contributed by atoms with van der Waals surface area (Å²) in [5.74, 6) is 0.0907. The molecule has 2 aromatic heterocycles. The maximum atomic E-state index is 12.4. The first-order valence-corrected chi connectivity index (χ1v) is 8.81. The lowest BCUT2D eigenvalue weighted by Crippen LogP contribution is -2.08. The minimum absolute atomic E-state index is 0.0476. The van der Waals surface area contributed by atoms with Gasteiger partial charge in [-0.2, -0.15) is 5.10 Å². The maximum absolute atomic E-state index is 12.4. The Hall–Kier alpha value is -3.94. The number of hydrogen-bond donors (Lipinski definition) is 0. The molecule has 146 valence electrons. The first kappa shape index (κ1) is 18.4. The highest BCUT2D eigenvalue weighted by Crippen LogP contribution is 2.23. The molecule has 4 rings (SSSR count). The van der Waals surface area contributed by atoms with Crippen molar-refractivity contribution in [1.29, 1.82) is 0 Å². The normalized spacial score (nSPS) is 10.8. The molecule has 0 radical (unpaired) electrons. The summed E-state index contributed by atoms with van der Waals surface area (Å²) >= 11 is 0. The summed E-state index contributed by atoms with van der Waals surface area (Å²) in [6.45, 7) is 0.512. The van der Waals surface area contributed by atoms with Gasteiger partial charge >= 0.3 is 11.6 Å². The summed E-state index contributed by atoms with van der Waals surface area (Å²) in [7, 11) is 1.53. The van der Waals surface area contributed by atoms with Crippen LogP contribution in [0.2, 0.25) is 0 Å². The Morgan fingerprint density at radius 3 is 2.69 bits per heavy atom. The second kappa shape index (κ2) is 7.97. The Morgan fingerprint density at radius 1 is 1.14 bits per heavy atom. The molecule has 29 heavy (non-hydrogen) atoms. The number of ether oxygens (including phenoxy) is 2. The molecular formula is C21H17N3O5. The molecule has 4 aromatic rings. The summed E-state index contributed by atoms with van der Waals surface area (Å²) in [5, 5.41) is 4.73. The second-order valence-electron chi connectivity index (χ2n) is 6.32. The molecule has 0 aliphatic carbocycles. The number of rotatable bonds is 6. The molecule has 0 aliphatic heterocycles. The van der Waals surface area contributed by atoms with Crippen LogP contribution in [0.1, 0.15) is 21.5 Å². The number of esters is 1. The highest BCUT2D eigenvalue weighted by atomic mass is 16.5. The highest BCUT2D eigenvalue weighted by molar-refractivity contribution is 5.89. The van der Waals surface area contributed by atoms with Crippen molar-refractivity contribution in [1.82, 2.24) is 14.8 Å². The fraction of sp³-hybridized carbons (Fsp3) is 0.143. The number of nitrogens with zero attached hydrogens (tertiary/aromatic N) is 3. The molecule has 8 nitrogen and oxygen atoms in total. The summed E-state index contributed by atoms with van der Waals surface area (Å²) < 4.78 is 17.4. The Kier molecular flexibility index (Phi) is 5.07. The lowest BCUT2D eigenvalue weighted by atomic mass is 10.1. The van der Waals surface area contributed by atoms with Gasteiger partial charge in [0.15, 0.2) is 0 Å². The van der Waals surface area contributed by atoms with Crippen LogP contribution >= 0.6 is 0 Å². The molecule has 0 spiro atoms. The molecule has 0 fully saturated rings. The monoisotopic (exact) mass is 391 g/mol. The third-order valence-electron chi connectivity index (χ3n) is 4.40. The predicted octanol–water partition coefficient (Wildman–Crippen LogP) is 2.80. The smallest absolute Gasteiger partial charge is 0.338 e. The molecule has 0 bridgehead atoms. The number of fused-ring (bicyclic) bond motifs is 1. The molecule has 0 aliphatic rings. The predicted molar refractivity (Wildman–Crippen MR) is 104 cm³/mol. The average molecular weight is 391 g/mol. The van der Waals surface area contributed by atoms with E-state index in [0.717, 1.165) is 5.56 Å². The average Bonchev–Trinajstić information content (AvgIpc) is 3.24. The first-order chi connectivity index (χ1) is 14.1. The van der Waals surface area contributed by atoms with Crippen molar-refractivity contribution in [2.24, 2.45) is 0 Å². The molecular weight excluding hydrogens is 374 g/mol. The van der Waals surface area contributed by atoms with Gasteiger partial charge in [0, 0.05) is 23.1 Å². The summed E-state index contributed by atoms with van der Waals surface area (Å²) in [4.78, 5) is 28.1. The summed E-state index contributed by atoms with van der Waals surface area (Å²) in [6.07, 6.45) is 3.09. The zero-order chi connectivity index (χ0) is 20.2. The van der Waals surface area contributed by atoms with Crippen molar-refractivity contribution < 1.29 is 18.7 Å². The van der Waals surface area contributed by atoms with E-state index >= 15 is 0 Å². The molecule has 0 atom stereocenters. The second-order valence-corrected chi connectivity index (χ2v) is 6.32. The van der Waals surface area contributed by atoms with E-state index in [-0.39, 0.29) is 6.61 Å². The molecule has 0 saturated heterocycles. The van der Waals surface area contributed by atoms with E-state index in [1.165, 1.54) is 19.5 Å². The van der Waals surface area contributed by atoms with Gasteiger partial charge < -0.3 is 13.9 Å². The van der Waals surface area contributed by atoms with Gasteiger partial charge in [-0.1, -0.05) is 12.1 Å². The summed E-state index contributed by atoms with van der Waals surface area (Å²) in [6, 6.07) is 13.5.